The van der Waals surface area contributed by atoms with E-state index in [-0.39, 0.29) is 16.1 Å². The van der Waals surface area contributed by atoms with Crippen LogP contribution >= 0.6 is 11.6 Å². The summed E-state index contributed by atoms with van der Waals surface area (Å²) in [4.78, 5) is 23.2. The number of carbonyl (C=O) groups is 1. The zero-order chi connectivity index (χ0) is 16.9. The quantitative estimate of drug-likeness (QED) is 0.560. The van der Waals surface area contributed by atoms with Gasteiger partial charge in [-0.3, -0.25) is 0 Å². The number of halogens is 1. The molecule has 1 fully saturated rings. The summed E-state index contributed by atoms with van der Waals surface area (Å²) < 4.78 is 10.9. The van der Waals surface area contributed by atoms with E-state index in [9.17, 15) is 24.9 Å². The van der Waals surface area contributed by atoms with Crippen molar-refractivity contribution in [1.29, 1.82) is 0 Å². The number of carboxylic acid groups (broad SMARTS) is 1. The molecule has 124 valence electrons. The van der Waals surface area contributed by atoms with E-state index in [1.54, 1.807) is 0 Å². The van der Waals surface area contributed by atoms with Gasteiger partial charge in [-0.05, 0) is 18.2 Å². The molecule has 2 heterocycles. The van der Waals surface area contributed by atoms with Crippen molar-refractivity contribution in [2.45, 2.75) is 30.6 Å². The molecule has 0 spiro atoms. The summed E-state index contributed by atoms with van der Waals surface area (Å²) >= 11 is 5.86. The van der Waals surface area contributed by atoms with E-state index in [4.69, 9.17) is 25.9 Å². The molecule has 4 N–H and O–H groups in total. The van der Waals surface area contributed by atoms with Gasteiger partial charge in [0.15, 0.2) is 17.9 Å². The maximum absolute atomic E-state index is 12.0. The van der Waals surface area contributed by atoms with Gasteiger partial charge in [0.25, 0.3) is 0 Å². The van der Waals surface area contributed by atoms with Gasteiger partial charge in [0.1, 0.15) is 18.3 Å². The normalized spacial score (nSPS) is 31.4. The Hall–Kier alpha value is -1.91. The molecule has 0 bridgehead atoms. The number of aliphatic hydroxyl groups excluding tert-OH is 3. The minimum atomic E-state index is -1.85. The molecular formula is C13H12ClNO8. The Balaban J connectivity index is 2.13. The number of fused-ring (bicyclic) bond motifs is 1. The molecule has 3 rings (SSSR count). The average Bonchev–Trinajstić information content (AvgIpc) is 2.80. The van der Waals surface area contributed by atoms with Gasteiger partial charge in [-0.25, -0.2) is 14.2 Å². The van der Waals surface area contributed by atoms with Gasteiger partial charge in [-0.1, -0.05) is 11.6 Å². The van der Waals surface area contributed by atoms with Crippen molar-refractivity contribution in [1.82, 2.24) is 4.57 Å². The molecule has 0 aliphatic carbocycles. The van der Waals surface area contributed by atoms with Crippen LogP contribution < -0.4 is 5.76 Å². The number of oxazole rings is 1. The molecule has 10 heteroatoms. The molecule has 1 aliphatic rings. The first-order valence-corrected chi connectivity index (χ1v) is 6.92. The number of ether oxygens (including phenoxy) is 1. The zero-order valence-corrected chi connectivity index (χ0v) is 12.1. The van der Waals surface area contributed by atoms with Crippen LogP contribution in [0.4, 0.5) is 0 Å². The van der Waals surface area contributed by atoms with Crippen LogP contribution in [0.3, 0.4) is 0 Å². The number of benzene rings is 1. The summed E-state index contributed by atoms with van der Waals surface area (Å²) in [5.41, 5.74) is 0.293. The van der Waals surface area contributed by atoms with Crippen LogP contribution in [-0.2, 0) is 9.53 Å². The fraction of sp³-hybridized carbons (Fsp3) is 0.385. The molecule has 1 unspecified atom stereocenters. The number of aliphatic hydroxyl groups is 3. The summed E-state index contributed by atoms with van der Waals surface area (Å²) in [5, 5.41) is 38.9. The van der Waals surface area contributed by atoms with Crippen molar-refractivity contribution in [3.63, 3.8) is 0 Å². The third kappa shape index (κ3) is 2.52. The van der Waals surface area contributed by atoms with Crippen LogP contribution in [-0.4, -0.2) is 55.4 Å². The van der Waals surface area contributed by atoms with Gasteiger partial charge in [0, 0.05) is 5.02 Å². The number of hydrogen-bond acceptors (Lipinski definition) is 7. The second kappa shape index (κ2) is 5.62. The number of nitrogens with zero attached hydrogens (tertiary/aromatic N) is 1. The smallest absolute Gasteiger partial charge is 0.422 e. The predicted octanol–water partition coefficient (Wildman–Crippen LogP) is -0.687. The number of carboxylic acids is 1. The molecule has 1 saturated heterocycles. The second-order valence-electron chi connectivity index (χ2n) is 5.11. The highest BCUT2D eigenvalue weighted by atomic mass is 35.5. The lowest BCUT2D eigenvalue weighted by Gasteiger charge is -2.38. The van der Waals surface area contributed by atoms with Gasteiger partial charge < -0.3 is 29.6 Å². The summed E-state index contributed by atoms with van der Waals surface area (Å²) in [5.74, 6) is -2.48. The Morgan fingerprint density at radius 2 is 1.87 bits per heavy atom. The molecule has 9 nitrogen and oxygen atoms in total. The van der Waals surface area contributed by atoms with Crippen molar-refractivity contribution >= 4 is 28.7 Å². The average molecular weight is 346 g/mol. The first-order valence-electron chi connectivity index (χ1n) is 6.54. The molecule has 5 atom stereocenters. The van der Waals surface area contributed by atoms with Crippen molar-refractivity contribution < 1.29 is 34.4 Å². The minimum Gasteiger partial charge on any atom is -0.479 e. The largest absolute Gasteiger partial charge is 0.479 e. The predicted molar refractivity (Wildman–Crippen MR) is 75.1 cm³/mol. The van der Waals surface area contributed by atoms with E-state index in [0.29, 0.717) is 0 Å². The molecule has 1 aliphatic heterocycles. The highest BCUT2D eigenvalue weighted by Crippen LogP contribution is 2.31. The third-order valence-corrected chi connectivity index (χ3v) is 3.90. The van der Waals surface area contributed by atoms with Crippen molar-refractivity contribution in [2.75, 3.05) is 0 Å². The summed E-state index contributed by atoms with van der Waals surface area (Å²) in [6.07, 6.45) is -8.82. The van der Waals surface area contributed by atoms with E-state index in [1.807, 2.05) is 0 Å². The van der Waals surface area contributed by atoms with E-state index in [0.717, 1.165) is 4.57 Å². The van der Waals surface area contributed by atoms with Gasteiger partial charge in [-0.15, -0.1) is 0 Å². The Bertz CT molecular complexity index is 814. The fourth-order valence-electron chi connectivity index (χ4n) is 2.53. The summed E-state index contributed by atoms with van der Waals surface area (Å²) in [6.45, 7) is 0. The maximum Gasteiger partial charge on any atom is 0.422 e. The molecular weight excluding hydrogens is 334 g/mol. The minimum absolute atomic E-state index is 0.141. The number of aliphatic carboxylic acids is 1. The van der Waals surface area contributed by atoms with Crippen LogP contribution in [0, 0.1) is 0 Å². The Labute approximate surface area is 132 Å². The van der Waals surface area contributed by atoms with Gasteiger partial charge in [-0.2, -0.15) is 0 Å². The highest BCUT2D eigenvalue weighted by molar-refractivity contribution is 6.31. The first kappa shape index (κ1) is 16.0. The molecule has 1 aromatic carbocycles. The Morgan fingerprint density at radius 3 is 2.52 bits per heavy atom. The van der Waals surface area contributed by atoms with Crippen LogP contribution in [0.2, 0.25) is 5.02 Å². The van der Waals surface area contributed by atoms with E-state index in [1.165, 1.54) is 18.2 Å². The van der Waals surface area contributed by atoms with Crippen molar-refractivity contribution in [2.24, 2.45) is 0 Å². The Kier molecular flexibility index (Phi) is 3.90. The van der Waals surface area contributed by atoms with E-state index in [2.05, 4.69) is 0 Å². The third-order valence-electron chi connectivity index (χ3n) is 3.66. The van der Waals surface area contributed by atoms with Crippen LogP contribution in [0.15, 0.2) is 27.4 Å². The summed E-state index contributed by atoms with van der Waals surface area (Å²) in [7, 11) is 0. The van der Waals surface area contributed by atoms with Gasteiger partial charge in [0.2, 0.25) is 0 Å². The van der Waals surface area contributed by atoms with Crippen LogP contribution in [0.25, 0.3) is 11.1 Å². The van der Waals surface area contributed by atoms with E-state index >= 15 is 0 Å². The molecule has 2 aromatic rings. The first-order chi connectivity index (χ1) is 10.8. The zero-order valence-electron chi connectivity index (χ0n) is 11.4. The van der Waals surface area contributed by atoms with Crippen LogP contribution in [0.1, 0.15) is 6.23 Å². The molecule has 0 amide bonds. The fourth-order valence-corrected chi connectivity index (χ4v) is 2.69. The molecule has 1 aromatic heterocycles. The van der Waals surface area contributed by atoms with Crippen molar-refractivity contribution in [3.8, 4) is 0 Å². The van der Waals surface area contributed by atoms with Gasteiger partial charge in [0.05, 0.1) is 5.52 Å². The van der Waals surface area contributed by atoms with E-state index < -0.39 is 42.4 Å². The SMILES string of the molecule is O=C(O)[C@H]1OC(n2c(=O)oc3ccc(Cl)cc32)[C@H](O)[C@@H](O)[C@@H]1O. The lowest BCUT2D eigenvalue weighted by Crippen LogP contribution is -2.58. The standard InChI is InChI=1S/C13H12ClNO8/c14-4-1-2-6-5(3-4)15(13(21)22-6)11-9(18)7(16)8(17)10(23-11)12(19)20/h1-3,7-11,16-18H,(H,19,20)/t7-,8-,9+,10-,11?/m0/s1. The lowest BCUT2D eigenvalue weighted by molar-refractivity contribution is -0.246. The van der Waals surface area contributed by atoms with Gasteiger partial charge >= 0.3 is 11.7 Å². The molecule has 0 radical (unpaired) electrons. The molecule has 0 saturated carbocycles. The topological polar surface area (TPSA) is 142 Å². The maximum atomic E-state index is 12.0. The highest BCUT2D eigenvalue weighted by Gasteiger charge is 2.48. The number of aromatic nitrogens is 1. The number of rotatable bonds is 2. The lowest BCUT2D eigenvalue weighted by atomic mass is 9.98. The van der Waals surface area contributed by atoms with Crippen LogP contribution in [0.5, 0.6) is 0 Å². The Morgan fingerprint density at radius 1 is 1.17 bits per heavy atom. The second-order valence-corrected chi connectivity index (χ2v) is 5.54. The monoisotopic (exact) mass is 345 g/mol. The summed E-state index contributed by atoms with van der Waals surface area (Å²) in [6, 6.07) is 4.27. The molecule has 23 heavy (non-hydrogen) atoms. The number of hydrogen-bond donors (Lipinski definition) is 4. The van der Waals surface area contributed by atoms with Crippen molar-refractivity contribution in [3.05, 3.63) is 33.8 Å².